The number of nitriles is 2. The second-order valence-electron chi connectivity index (χ2n) is 8.38. The van der Waals surface area contributed by atoms with Crippen molar-refractivity contribution in [3.63, 3.8) is 0 Å². The van der Waals surface area contributed by atoms with Gasteiger partial charge in [0, 0.05) is 5.57 Å². The van der Waals surface area contributed by atoms with Gasteiger partial charge in [-0.05, 0) is 60.1 Å². The zero-order chi connectivity index (χ0) is 28.4. The van der Waals surface area contributed by atoms with Crippen molar-refractivity contribution < 1.29 is 36.7 Å². The van der Waals surface area contributed by atoms with E-state index in [4.69, 9.17) is 19.2 Å². The fourth-order valence-corrected chi connectivity index (χ4v) is 6.21. The topological polar surface area (TPSA) is 178 Å². The highest BCUT2D eigenvalue weighted by Gasteiger charge is 2.30. The summed E-state index contributed by atoms with van der Waals surface area (Å²) in [6, 6.07) is 17.2. The molecule has 0 aromatic heterocycles. The van der Waals surface area contributed by atoms with Gasteiger partial charge < -0.3 is 23.7 Å². The van der Waals surface area contributed by atoms with E-state index in [2.05, 4.69) is 4.52 Å². The molecule has 1 aliphatic rings. The Kier molecular flexibility index (Phi) is 11.3. The van der Waals surface area contributed by atoms with Crippen LogP contribution in [0.25, 0.3) is 9.81 Å². The average molecular weight is 589 g/mol. The first kappa shape index (κ1) is 30.6. The van der Waals surface area contributed by atoms with Gasteiger partial charge in [-0.15, -0.1) is 0 Å². The number of hydrogen-bond acceptors (Lipinski definition) is 9. The Labute approximate surface area is 228 Å². The summed E-state index contributed by atoms with van der Waals surface area (Å²) < 4.78 is 47.6. The average Bonchev–Trinajstić information content (AvgIpc) is 2.91. The van der Waals surface area contributed by atoms with Crippen molar-refractivity contribution in [3.05, 3.63) is 94.1 Å². The molecule has 2 aromatic rings. The molecule has 1 heterocycles. The van der Waals surface area contributed by atoms with Crippen molar-refractivity contribution in [3.8, 4) is 12.1 Å². The molecule has 1 aliphatic heterocycles. The molecule has 0 saturated carbocycles. The molecule has 0 amide bonds. The zero-order valence-corrected chi connectivity index (χ0v) is 23.4. The summed E-state index contributed by atoms with van der Waals surface area (Å²) in [6.07, 6.45) is 4.85. The van der Waals surface area contributed by atoms with Crippen molar-refractivity contribution in [1.82, 2.24) is 0 Å². The lowest BCUT2D eigenvalue weighted by molar-refractivity contribution is 0.252. The van der Waals surface area contributed by atoms with Crippen molar-refractivity contribution in [2.24, 2.45) is 0 Å². The van der Waals surface area contributed by atoms with Gasteiger partial charge in [0.15, 0.2) is 0 Å². The number of hydrogen-bond donors (Lipinski definition) is 3. The minimum absolute atomic E-state index is 0.0421. The van der Waals surface area contributed by atoms with Crippen molar-refractivity contribution in [1.29, 1.82) is 10.5 Å². The van der Waals surface area contributed by atoms with Crippen LogP contribution in [0.4, 0.5) is 0 Å². The molecule has 10 nitrogen and oxygen atoms in total. The summed E-state index contributed by atoms with van der Waals surface area (Å²) >= 11 is 0. The number of allylic oxidation sites excluding steroid dienone is 4. The lowest BCUT2D eigenvalue weighted by Gasteiger charge is -2.19. The molecule has 0 bridgehead atoms. The molecular weight excluding hydrogens is 562 g/mol. The zero-order valence-electron chi connectivity index (χ0n) is 20.6. The van der Waals surface area contributed by atoms with Gasteiger partial charge in [0.2, 0.25) is 9.84 Å². The van der Waals surface area contributed by atoms with Gasteiger partial charge in [-0.1, -0.05) is 48.5 Å². The van der Waals surface area contributed by atoms with Crippen LogP contribution in [-0.2, 0) is 36.3 Å². The second-order valence-corrected chi connectivity index (χ2v) is 11.8. The summed E-state index contributed by atoms with van der Waals surface area (Å²) in [7, 11) is -9.40. The fraction of sp³-hybridized carbons (Fsp3) is 0.231. The maximum absolute atomic E-state index is 13.7. The number of nitrogens with zero attached hydrogens (tertiary/aromatic N) is 2. The Morgan fingerprint density at radius 1 is 0.846 bits per heavy atom. The molecule has 0 spiro atoms. The number of rotatable bonds is 12. The summed E-state index contributed by atoms with van der Waals surface area (Å²) in [5.41, 5.74) is 2.52. The van der Waals surface area contributed by atoms with Crippen molar-refractivity contribution >= 4 is 36.5 Å². The Morgan fingerprint density at radius 2 is 1.31 bits per heavy atom. The second kappa shape index (κ2) is 14.4. The monoisotopic (exact) mass is 588 g/mol. The van der Waals surface area contributed by atoms with E-state index in [1.54, 1.807) is 48.5 Å². The van der Waals surface area contributed by atoms with Gasteiger partial charge in [0.1, 0.15) is 17.7 Å². The van der Waals surface area contributed by atoms with E-state index in [0.29, 0.717) is 36.8 Å². The van der Waals surface area contributed by atoms with Crippen LogP contribution in [0, 0.1) is 22.7 Å². The molecule has 13 heteroatoms. The highest BCUT2D eigenvalue weighted by molar-refractivity contribution is 8.09. The van der Waals surface area contributed by atoms with Crippen LogP contribution in [0.15, 0.2) is 71.8 Å². The molecule has 0 fully saturated rings. The predicted octanol–water partition coefficient (Wildman–Crippen LogP) is 4.33. The Hall–Kier alpha value is -2.95. The van der Waals surface area contributed by atoms with E-state index < -0.39 is 26.7 Å². The van der Waals surface area contributed by atoms with Crippen LogP contribution in [0.2, 0.25) is 0 Å². The number of sulfone groups is 1. The fourth-order valence-electron chi connectivity index (χ4n) is 3.90. The maximum Gasteiger partial charge on any atom is 0.327 e. The molecular formula is C26H26N2O8P2S. The maximum atomic E-state index is 13.7. The Morgan fingerprint density at radius 3 is 1.72 bits per heavy atom. The van der Waals surface area contributed by atoms with Gasteiger partial charge in [-0.25, -0.2) is 8.42 Å². The lowest BCUT2D eigenvalue weighted by atomic mass is 10.0. The van der Waals surface area contributed by atoms with Gasteiger partial charge >= 0.3 is 16.9 Å². The summed E-state index contributed by atoms with van der Waals surface area (Å²) in [5, 5.41) is 18.9. The van der Waals surface area contributed by atoms with Gasteiger partial charge in [-0.2, -0.15) is 10.5 Å². The van der Waals surface area contributed by atoms with Crippen molar-refractivity contribution in [2.75, 3.05) is 13.2 Å². The third-order valence-corrected chi connectivity index (χ3v) is 8.52. The van der Waals surface area contributed by atoms with E-state index in [1.807, 2.05) is 12.1 Å². The Bertz CT molecular complexity index is 1470. The van der Waals surface area contributed by atoms with E-state index >= 15 is 0 Å². The minimum atomic E-state index is -4.02. The van der Waals surface area contributed by atoms with Gasteiger partial charge in [0.25, 0.3) is 0 Å². The molecule has 0 radical (unpaired) electrons. The first-order valence-electron chi connectivity index (χ1n) is 11.7. The Balaban J connectivity index is 1.89. The highest BCUT2D eigenvalue weighted by atomic mass is 32.2. The van der Waals surface area contributed by atoms with Gasteiger partial charge in [0.05, 0.1) is 23.0 Å². The molecule has 0 aliphatic carbocycles. The van der Waals surface area contributed by atoms with Gasteiger partial charge in [-0.3, -0.25) is 4.57 Å². The third-order valence-electron chi connectivity index (χ3n) is 5.79. The van der Waals surface area contributed by atoms with Crippen LogP contribution < -0.4 is 0 Å². The standard InChI is InChI=1S/C26H26N2O8P2S/c27-17-24(18-28)23-15-25(21-9-5-19(6-10-21)3-1-13-35-37(29)30)39(33,34)26(16-23)22-11-7-20(8-12-22)4-2-14-36-38(31)32/h5-12,15-16,29-30,38H,1-4,13-14H2,(H,31,32). The predicted molar refractivity (Wildman–Crippen MR) is 147 cm³/mol. The van der Waals surface area contributed by atoms with Crippen LogP contribution in [0.1, 0.15) is 35.1 Å². The first-order chi connectivity index (χ1) is 18.6. The smallest absolute Gasteiger partial charge is 0.327 e. The molecule has 1 unspecified atom stereocenters. The van der Waals surface area contributed by atoms with E-state index in [9.17, 15) is 23.5 Å². The normalized spacial score (nSPS) is 15.2. The van der Waals surface area contributed by atoms with Crippen LogP contribution in [-0.4, -0.2) is 36.3 Å². The minimum Gasteiger partial charge on any atom is -0.328 e. The van der Waals surface area contributed by atoms with Crippen LogP contribution in [0.3, 0.4) is 0 Å². The van der Waals surface area contributed by atoms with Crippen LogP contribution >= 0.6 is 16.9 Å². The molecule has 1 atom stereocenters. The van der Waals surface area contributed by atoms with E-state index in [0.717, 1.165) is 11.1 Å². The molecule has 0 saturated heterocycles. The van der Waals surface area contributed by atoms with Crippen LogP contribution in [0.5, 0.6) is 0 Å². The largest absolute Gasteiger partial charge is 0.328 e. The van der Waals surface area contributed by atoms with Crippen molar-refractivity contribution in [2.45, 2.75) is 25.7 Å². The summed E-state index contributed by atoms with van der Waals surface area (Å²) in [5.74, 6) is 0. The lowest BCUT2D eigenvalue weighted by Crippen LogP contribution is -2.11. The molecule has 2 aromatic carbocycles. The van der Waals surface area contributed by atoms with E-state index in [1.165, 1.54) is 12.2 Å². The summed E-state index contributed by atoms with van der Waals surface area (Å²) in [4.78, 5) is 26.3. The first-order valence-corrected chi connectivity index (χ1v) is 15.6. The molecule has 3 N–H and O–H groups in total. The quantitative estimate of drug-likeness (QED) is 0.184. The summed E-state index contributed by atoms with van der Waals surface area (Å²) in [6.45, 7) is 0.298. The third kappa shape index (κ3) is 8.52. The molecule has 39 heavy (non-hydrogen) atoms. The SMILES string of the molecule is N#CC(C#N)=C1C=C(c2ccc(CCCOP(O)O)cc2)S(=O)(=O)C(c2ccc(CCCO[PH](=O)O)cc2)=C1. The number of aryl methyl sites for hydroxylation is 2. The highest BCUT2D eigenvalue weighted by Crippen LogP contribution is 2.39. The molecule has 3 rings (SSSR count). The van der Waals surface area contributed by atoms with E-state index in [-0.39, 0.29) is 34.2 Å². The molecule has 204 valence electrons. The number of benzene rings is 2.